The Hall–Kier alpha value is -1.93. The van der Waals surface area contributed by atoms with Crippen LogP contribution in [0.1, 0.15) is 6.42 Å². The maximum absolute atomic E-state index is 5.40. The molecule has 1 unspecified atom stereocenters. The van der Waals surface area contributed by atoms with E-state index in [0.717, 1.165) is 37.3 Å². The summed E-state index contributed by atoms with van der Waals surface area (Å²) in [4.78, 5) is 10.9. The van der Waals surface area contributed by atoms with Crippen LogP contribution in [0.25, 0.3) is 11.0 Å². The lowest BCUT2D eigenvalue weighted by Crippen LogP contribution is -2.23. The summed E-state index contributed by atoms with van der Waals surface area (Å²) in [5.74, 6) is 7.20. The SMILES string of the molecule is COCC1CCN(c2nc(NN)nc3[nH]ncc23)C1. The van der Waals surface area contributed by atoms with E-state index in [-0.39, 0.29) is 0 Å². The number of hydrazine groups is 1. The number of rotatable bonds is 4. The van der Waals surface area contributed by atoms with Crippen LogP contribution < -0.4 is 16.2 Å². The average Bonchev–Trinajstić information content (AvgIpc) is 3.06. The number of nitrogens with zero attached hydrogens (tertiary/aromatic N) is 4. The van der Waals surface area contributed by atoms with E-state index in [2.05, 4.69) is 30.5 Å². The fourth-order valence-corrected chi connectivity index (χ4v) is 2.52. The van der Waals surface area contributed by atoms with E-state index in [4.69, 9.17) is 10.6 Å². The van der Waals surface area contributed by atoms with Crippen LogP contribution in [-0.4, -0.2) is 47.0 Å². The first-order valence-corrected chi connectivity index (χ1v) is 6.23. The fraction of sp³-hybridized carbons (Fsp3) is 0.545. The van der Waals surface area contributed by atoms with Gasteiger partial charge in [-0.15, -0.1) is 0 Å². The molecule has 0 radical (unpaired) electrons. The molecular weight excluding hydrogens is 246 g/mol. The maximum Gasteiger partial charge on any atom is 0.241 e. The molecule has 1 atom stereocenters. The van der Waals surface area contributed by atoms with Gasteiger partial charge in [0.15, 0.2) is 5.65 Å². The Bertz CT molecular complexity index is 569. The summed E-state index contributed by atoms with van der Waals surface area (Å²) < 4.78 is 5.22. The van der Waals surface area contributed by atoms with Crippen molar-refractivity contribution in [3.63, 3.8) is 0 Å². The van der Waals surface area contributed by atoms with E-state index in [0.29, 0.717) is 17.5 Å². The van der Waals surface area contributed by atoms with E-state index in [1.54, 1.807) is 13.3 Å². The number of nitrogens with one attached hydrogen (secondary N) is 2. The minimum Gasteiger partial charge on any atom is -0.384 e. The van der Waals surface area contributed by atoms with Crippen molar-refractivity contribution in [3.05, 3.63) is 6.20 Å². The molecule has 2 aromatic rings. The molecule has 1 aliphatic rings. The van der Waals surface area contributed by atoms with Gasteiger partial charge in [0.1, 0.15) is 5.82 Å². The number of hydrogen-bond donors (Lipinski definition) is 3. The summed E-state index contributed by atoms with van der Waals surface area (Å²) in [5, 5.41) is 7.78. The molecule has 2 aromatic heterocycles. The molecule has 0 saturated carbocycles. The first kappa shape index (κ1) is 12.1. The maximum atomic E-state index is 5.40. The van der Waals surface area contributed by atoms with Crippen LogP contribution in [0.4, 0.5) is 11.8 Å². The Labute approximate surface area is 110 Å². The van der Waals surface area contributed by atoms with Crippen LogP contribution in [0.15, 0.2) is 6.20 Å². The van der Waals surface area contributed by atoms with Crippen molar-refractivity contribution in [1.82, 2.24) is 20.2 Å². The topological polar surface area (TPSA) is 105 Å². The number of fused-ring (bicyclic) bond motifs is 1. The smallest absolute Gasteiger partial charge is 0.241 e. The number of hydrogen-bond acceptors (Lipinski definition) is 7. The number of nitrogens with two attached hydrogens (primary N) is 1. The molecule has 0 aliphatic carbocycles. The number of anilines is 2. The molecule has 3 rings (SSSR count). The van der Waals surface area contributed by atoms with E-state index in [1.807, 2.05) is 0 Å². The number of methoxy groups -OCH3 is 1. The first-order chi connectivity index (χ1) is 9.31. The number of aromatic amines is 1. The second-order valence-corrected chi connectivity index (χ2v) is 4.70. The van der Waals surface area contributed by atoms with Gasteiger partial charge >= 0.3 is 0 Å². The molecule has 0 bridgehead atoms. The van der Waals surface area contributed by atoms with Gasteiger partial charge in [0.2, 0.25) is 5.95 Å². The van der Waals surface area contributed by atoms with Gasteiger partial charge < -0.3 is 9.64 Å². The minimum atomic E-state index is 0.391. The standard InChI is InChI=1S/C11H17N7O/c1-19-6-7-2-3-18(5-7)10-8-4-13-17-9(8)14-11(15-10)16-12/h4,7H,2-3,5-6,12H2,1H3,(H2,13,14,15,16,17). The summed E-state index contributed by atoms with van der Waals surface area (Å²) in [5.41, 5.74) is 3.18. The van der Waals surface area contributed by atoms with Crippen LogP contribution in [0.5, 0.6) is 0 Å². The van der Waals surface area contributed by atoms with E-state index < -0.39 is 0 Å². The molecule has 1 aliphatic heterocycles. The van der Waals surface area contributed by atoms with Crippen molar-refractivity contribution in [3.8, 4) is 0 Å². The van der Waals surface area contributed by atoms with Crippen LogP contribution in [0.2, 0.25) is 0 Å². The van der Waals surface area contributed by atoms with Crippen molar-refractivity contribution < 1.29 is 4.74 Å². The molecule has 0 aromatic carbocycles. The molecule has 8 nitrogen and oxygen atoms in total. The van der Waals surface area contributed by atoms with Gasteiger partial charge in [-0.3, -0.25) is 10.5 Å². The van der Waals surface area contributed by atoms with Crippen molar-refractivity contribution in [2.75, 3.05) is 37.1 Å². The van der Waals surface area contributed by atoms with Crippen LogP contribution >= 0.6 is 0 Å². The monoisotopic (exact) mass is 263 g/mol. The molecule has 1 saturated heterocycles. The lowest BCUT2D eigenvalue weighted by atomic mass is 10.1. The second-order valence-electron chi connectivity index (χ2n) is 4.70. The zero-order chi connectivity index (χ0) is 13.2. The molecular formula is C11H17N7O. The zero-order valence-electron chi connectivity index (χ0n) is 10.8. The summed E-state index contributed by atoms with van der Waals surface area (Å²) in [7, 11) is 1.73. The average molecular weight is 263 g/mol. The first-order valence-electron chi connectivity index (χ1n) is 6.23. The second kappa shape index (κ2) is 4.98. The molecule has 8 heteroatoms. The van der Waals surface area contributed by atoms with Gasteiger partial charge in [-0.2, -0.15) is 15.1 Å². The normalized spacial score (nSPS) is 19.3. The zero-order valence-corrected chi connectivity index (χ0v) is 10.8. The molecule has 102 valence electrons. The van der Waals surface area contributed by atoms with E-state index in [1.165, 1.54) is 0 Å². The van der Waals surface area contributed by atoms with Gasteiger partial charge in [0.05, 0.1) is 18.2 Å². The number of aromatic nitrogens is 4. The summed E-state index contributed by atoms with van der Waals surface area (Å²) in [6, 6.07) is 0. The summed E-state index contributed by atoms with van der Waals surface area (Å²) in [6.45, 7) is 2.66. The third-order valence-electron chi connectivity index (χ3n) is 3.41. The Balaban J connectivity index is 1.93. The molecule has 19 heavy (non-hydrogen) atoms. The van der Waals surface area contributed by atoms with Crippen molar-refractivity contribution in [2.24, 2.45) is 11.8 Å². The van der Waals surface area contributed by atoms with Gasteiger partial charge in [-0.1, -0.05) is 0 Å². The highest BCUT2D eigenvalue weighted by Gasteiger charge is 2.25. The van der Waals surface area contributed by atoms with Gasteiger partial charge in [0.25, 0.3) is 0 Å². The minimum absolute atomic E-state index is 0.391. The molecule has 0 amide bonds. The predicted octanol–water partition coefficient (Wildman–Crippen LogP) is 0.111. The Morgan fingerprint density at radius 3 is 3.26 bits per heavy atom. The van der Waals surface area contributed by atoms with Crippen molar-refractivity contribution in [2.45, 2.75) is 6.42 Å². The quantitative estimate of drug-likeness (QED) is 0.531. The van der Waals surface area contributed by atoms with Gasteiger partial charge in [0, 0.05) is 26.1 Å². The Morgan fingerprint density at radius 1 is 1.58 bits per heavy atom. The highest BCUT2D eigenvalue weighted by atomic mass is 16.5. The lowest BCUT2D eigenvalue weighted by molar-refractivity contribution is 0.161. The van der Waals surface area contributed by atoms with Crippen LogP contribution in [0.3, 0.4) is 0 Å². The third kappa shape index (κ3) is 2.20. The highest BCUT2D eigenvalue weighted by molar-refractivity contribution is 5.87. The largest absolute Gasteiger partial charge is 0.384 e. The van der Waals surface area contributed by atoms with Crippen molar-refractivity contribution in [1.29, 1.82) is 0 Å². The fourth-order valence-electron chi connectivity index (χ4n) is 2.52. The molecule has 3 heterocycles. The summed E-state index contributed by atoms with van der Waals surface area (Å²) >= 11 is 0. The predicted molar refractivity (Wildman–Crippen MR) is 71.7 cm³/mol. The number of ether oxygens (including phenoxy) is 1. The molecule has 0 spiro atoms. The summed E-state index contributed by atoms with van der Waals surface area (Å²) in [6.07, 6.45) is 2.84. The van der Waals surface area contributed by atoms with E-state index >= 15 is 0 Å². The van der Waals surface area contributed by atoms with Crippen LogP contribution in [0, 0.1) is 5.92 Å². The Morgan fingerprint density at radius 2 is 2.47 bits per heavy atom. The third-order valence-corrected chi connectivity index (χ3v) is 3.41. The molecule has 4 N–H and O–H groups in total. The molecule has 1 fully saturated rings. The number of nitrogen functional groups attached to an aromatic ring is 1. The van der Waals surface area contributed by atoms with Crippen LogP contribution in [-0.2, 0) is 4.74 Å². The van der Waals surface area contributed by atoms with Crippen molar-refractivity contribution >= 4 is 22.8 Å². The highest BCUT2D eigenvalue weighted by Crippen LogP contribution is 2.28. The number of H-pyrrole nitrogens is 1. The Kier molecular flexibility index (Phi) is 3.18. The van der Waals surface area contributed by atoms with Gasteiger partial charge in [-0.25, -0.2) is 5.84 Å². The van der Waals surface area contributed by atoms with E-state index in [9.17, 15) is 0 Å². The van der Waals surface area contributed by atoms with Gasteiger partial charge in [-0.05, 0) is 6.42 Å². The lowest BCUT2D eigenvalue weighted by Gasteiger charge is -2.18.